The van der Waals surface area contributed by atoms with Gasteiger partial charge < -0.3 is 0 Å². The Kier molecular flexibility index (Phi) is 2.03. The summed E-state index contributed by atoms with van der Waals surface area (Å²) >= 11 is 0. The smallest absolute Gasteiger partial charge is 0.296 e. The van der Waals surface area contributed by atoms with Crippen molar-refractivity contribution >= 4 is 7.60 Å². The second-order valence-electron chi connectivity index (χ2n) is 3.93. The third-order valence-electron chi connectivity index (χ3n) is 2.38. The predicted octanol–water partition coefficient (Wildman–Crippen LogP) is 2.93. The topological polar surface area (TPSA) is 35.5 Å². The summed E-state index contributed by atoms with van der Waals surface area (Å²) in [6.07, 6.45) is 0. The molecule has 0 aromatic rings. The fourth-order valence-corrected chi connectivity index (χ4v) is 2.85. The molecule has 3 nitrogen and oxygen atoms in total. The Balaban J connectivity index is 3.03. The highest BCUT2D eigenvalue weighted by atomic mass is 31.2. The normalized spacial score (nSPS) is 30.0. The van der Waals surface area contributed by atoms with Gasteiger partial charge in [0.25, 0.3) is 0 Å². The first-order valence-electron chi connectivity index (χ1n) is 3.87. The molecule has 0 radical (unpaired) electrons. The van der Waals surface area contributed by atoms with Crippen molar-refractivity contribution in [3.63, 3.8) is 0 Å². The lowest BCUT2D eigenvalue weighted by Crippen LogP contribution is -2.41. The van der Waals surface area contributed by atoms with Crippen molar-refractivity contribution < 1.29 is 13.6 Å². The lowest BCUT2D eigenvalue weighted by atomic mass is 9.90. The van der Waals surface area contributed by atoms with Gasteiger partial charge in [-0.1, -0.05) is 6.58 Å². The van der Waals surface area contributed by atoms with E-state index >= 15 is 0 Å². The minimum atomic E-state index is -3.03. The molecule has 0 aromatic carbocycles. The first-order valence-corrected chi connectivity index (χ1v) is 5.48. The number of hydrogen-bond acceptors (Lipinski definition) is 3. The Morgan fingerprint density at radius 3 is 1.67 bits per heavy atom. The Bertz CT molecular complexity index is 235. The summed E-state index contributed by atoms with van der Waals surface area (Å²) in [5.74, 6) is 1.25. The van der Waals surface area contributed by atoms with Crippen molar-refractivity contribution in [2.75, 3.05) is 0 Å². The summed E-state index contributed by atoms with van der Waals surface area (Å²) in [4.78, 5) is 0. The maximum absolute atomic E-state index is 11.7. The average Bonchev–Trinajstić information content (AvgIpc) is 1.99. The molecular formula is C8H15O3P. The second kappa shape index (κ2) is 2.44. The van der Waals surface area contributed by atoms with Gasteiger partial charge in [0.1, 0.15) is 11.2 Å². The van der Waals surface area contributed by atoms with Gasteiger partial charge >= 0.3 is 7.60 Å². The molecule has 0 N–H and O–H groups in total. The van der Waals surface area contributed by atoms with Gasteiger partial charge in [-0.05, 0) is 27.7 Å². The predicted molar refractivity (Wildman–Crippen MR) is 48.1 cm³/mol. The summed E-state index contributed by atoms with van der Waals surface area (Å²) in [7, 11) is -3.03. The minimum Gasteiger partial charge on any atom is -0.296 e. The average molecular weight is 190 g/mol. The fourth-order valence-electron chi connectivity index (χ4n) is 0.949. The third kappa shape index (κ3) is 1.37. The van der Waals surface area contributed by atoms with Crippen LogP contribution in [0.5, 0.6) is 0 Å². The highest BCUT2D eigenvalue weighted by Crippen LogP contribution is 2.64. The van der Waals surface area contributed by atoms with Crippen molar-refractivity contribution in [1.82, 2.24) is 0 Å². The molecular weight excluding hydrogens is 175 g/mol. The van der Waals surface area contributed by atoms with Crippen LogP contribution in [0.25, 0.3) is 0 Å². The molecule has 0 bridgehead atoms. The van der Waals surface area contributed by atoms with Gasteiger partial charge in [-0.15, -0.1) is 0 Å². The van der Waals surface area contributed by atoms with E-state index in [1.54, 1.807) is 0 Å². The van der Waals surface area contributed by atoms with Crippen LogP contribution in [0.3, 0.4) is 0 Å². The lowest BCUT2D eigenvalue weighted by Gasteiger charge is -2.29. The van der Waals surface area contributed by atoms with Crippen molar-refractivity contribution in [2.45, 2.75) is 38.9 Å². The minimum absolute atomic E-state index is 0.531. The van der Waals surface area contributed by atoms with E-state index in [9.17, 15) is 4.57 Å². The fraction of sp³-hybridized carbons (Fsp3) is 0.750. The molecule has 0 unspecified atom stereocenters. The Labute approximate surface area is 73.3 Å². The molecule has 1 saturated heterocycles. The van der Waals surface area contributed by atoms with Gasteiger partial charge in [-0.3, -0.25) is 13.6 Å². The molecule has 4 heteroatoms. The van der Waals surface area contributed by atoms with Crippen LogP contribution in [0.2, 0.25) is 0 Å². The van der Waals surface area contributed by atoms with Crippen LogP contribution >= 0.6 is 7.60 Å². The molecule has 0 atom stereocenters. The van der Waals surface area contributed by atoms with Crippen LogP contribution in [0, 0.1) is 0 Å². The molecule has 1 aliphatic heterocycles. The van der Waals surface area contributed by atoms with Crippen molar-refractivity contribution in [3.05, 3.63) is 12.4 Å². The molecule has 0 amide bonds. The zero-order valence-corrected chi connectivity index (χ0v) is 8.85. The summed E-state index contributed by atoms with van der Waals surface area (Å²) in [5.41, 5.74) is -1.06. The third-order valence-corrected chi connectivity index (χ3v) is 4.25. The van der Waals surface area contributed by atoms with E-state index < -0.39 is 18.8 Å². The van der Waals surface area contributed by atoms with Crippen molar-refractivity contribution in [1.29, 1.82) is 0 Å². The van der Waals surface area contributed by atoms with E-state index in [-0.39, 0.29) is 0 Å². The van der Waals surface area contributed by atoms with Crippen molar-refractivity contribution in [3.8, 4) is 0 Å². The van der Waals surface area contributed by atoms with Crippen LogP contribution in [0.4, 0.5) is 0 Å². The second-order valence-corrected chi connectivity index (χ2v) is 5.74. The summed E-state index contributed by atoms with van der Waals surface area (Å²) in [5, 5.41) is 0. The number of rotatable bonds is 1. The van der Waals surface area contributed by atoms with Crippen LogP contribution < -0.4 is 0 Å². The van der Waals surface area contributed by atoms with Crippen LogP contribution in [0.1, 0.15) is 27.7 Å². The quantitative estimate of drug-likeness (QED) is 0.596. The summed E-state index contributed by atoms with van der Waals surface area (Å²) in [6, 6.07) is 0. The molecule has 1 heterocycles. The lowest BCUT2D eigenvalue weighted by molar-refractivity contribution is 0.00578. The van der Waals surface area contributed by atoms with E-state index in [0.29, 0.717) is 0 Å². The SMILES string of the molecule is C=CP1(=O)OC(C)(C)C(C)(C)O1. The van der Waals surface area contributed by atoms with E-state index in [2.05, 4.69) is 6.58 Å². The van der Waals surface area contributed by atoms with Gasteiger partial charge in [0.15, 0.2) is 0 Å². The molecule has 0 aliphatic carbocycles. The maximum Gasteiger partial charge on any atom is 0.354 e. The van der Waals surface area contributed by atoms with Gasteiger partial charge in [-0.25, -0.2) is 0 Å². The maximum atomic E-state index is 11.7. The standard InChI is InChI=1S/C8H15O3P/c1-6-12(9)10-7(2,3)8(4,5)11-12/h6H,1H2,2-5H3. The van der Waals surface area contributed by atoms with E-state index in [1.807, 2.05) is 27.7 Å². The van der Waals surface area contributed by atoms with Crippen LogP contribution in [0.15, 0.2) is 12.4 Å². The Morgan fingerprint density at radius 1 is 1.17 bits per heavy atom. The van der Waals surface area contributed by atoms with Crippen molar-refractivity contribution in [2.24, 2.45) is 0 Å². The number of hydrogen-bond donors (Lipinski definition) is 0. The molecule has 0 spiro atoms. The Morgan fingerprint density at radius 2 is 1.50 bits per heavy atom. The highest BCUT2D eigenvalue weighted by Gasteiger charge is 2.53. The van der Waals surface area contributed by atoms with E-state index in [0.717, 1.165) is 0 Å². The van der Waals surface area contributed by atoms with Gasteiger partial charge in [0, 0.05) is 5.82 Å². The molecule has 12 heavy (non-hydrogen) atoms. The first-order chi connectivity index (χ1) is 5.22. The van der Waals surface area contributed by atoms with Crippen LogP contribution in [-0.2, 0) is 13.6 Å². The molecule has 1 fully saturated rings. The summed E-state index contributed by atoms with van der Waals surface area (Å²) in [6.45, 7) is 10.9. The zero-order valence-electron chi connectivity index (χ0n) is 7.96. The zero-order chi connectivity index (χ0) is 9.62. The van der Waals surface area contributed by atoms with E-state index in [1.165, 1.54) is 5.82 Å². The molecule has 1 aliphatic rings. The molecule has 0 aromatic heterocycles. The van der Waals surface area contributed by atoms with Gasteiger partial charge in [0.2, 0.25) is 0 Å². The van der Waals surface area contributed by atoms with E-state index in [4.69, 9.17) is 9.05 Å². The summed E-state index contributed by atoms with van der Waals surface area (Å²) < 4.78 is 22.3. The molecule has 70 valence electrons. The largest absolute Gasteiger partial charge is 0.354 e. The Hall–Kier alpha value is -0.110. The monoisotopic (exact) mass is 190 g/mol. The molecule has 1 rings (SSSR count). The van der Waals surface area contributed by atoms with Gasteiger partial charge in [-0.2, -0.15) is 0 Å². The first kappa shape index (κ1) is 9.97. The van der Waals surface area contributed by atoms with Crippen LogP contribution in [-0.4, -0.2) is 11.2 Å². The highest BCUT2D eigenvalue weighted by molar-refractivity contribution is 7.57. The van der Waals surface area contributed by atoms with Gasteiger partial charge in [0.05, 0.1) is 0 Å². The molecule has 0 saturated carbocycles.